The Morgan fingerprint density at radius 2 is 2.14 bits per heavy atom. The molecule has 0 aromatic carbocycles. The van der Waals surface area contributed by atoms with Gasteiger partial charge >= 0.3 is 10.2 Å². The highest BCUT2D eigenvalue weighted by Gasteiger charge is 2.53. The molecule has 2 amide bonds. The van der Waals surface area contributed by atoms with Gasteiger partial charge in [0.05, 0.1) is 24.8 Å². The maximum absolute atomic E-state index is 15.4. The zero-order chi connectivity index (χ0) is 20.5. The number of aliphatic hydroxyl groups is 1. The van der Waals surface area contributed by atoms with Crippen LogP contribution in [-0.2, 0) is 24.5 Å². The normalized spacial score (nSPS) is 37.9. The summed E-state index contributed by atoms with van der Waals surface area (Å²) in [5.41, 5.74) is 0. The maximum atomic E-state index is 15.4. The minimum absolute atomic E-state index is 0.0408. The quantitative estimate of drug-likeness (QED) is 0.495. The lowest BCUT2D eigenvalue weighted by atomic mass is 9.66. The number of nitrogens with one attached hydrogen (secondary N) is 2. The summed E-state index contributed by atoms with van der Waals surface area (Å²) in [7, 11) is -2.54. The van der Waals surface area contributed by atoms with E-state index in [0.29, 0.717) is 38.7 Å². The van der Waals surface area contributed by atoms with Crippen molar-refractivity contribution in [3.63, 3.8) is 0 Å². The molecular formula is C17H28FN3O6S. The van der Waals surface area contributed by atoms with E-state index in [4.69, 9.17) is 4.74 Å². The predicted molar refractivity (Wildman–Crippen MR) is 96.9 cm³/mol. The number of hydrogen-bond donors (Lipinski definition) is 3. The number of rotatable bonds is 6. The smallest absolute Gasteiger partial charge is 0.304 e. The molecule has 11 heteroatoms. The minimum atomic E-state index is -4.12. The predicted octanol–water partition coefficient (Wildman–Crippen LogP) is -0.538. The number of fused-ring (bicyclic) bond motifs is 1. The van der Waals surface area contributed by atoms with Crippen LogP contribution in [-0.4, -0.2) is 74.3 Å². The van der Waals surface area contributed by atoms with Gasteiger partial charge in [-0.15, -0.1) is 0 Å². The molecule has 9 nitrogen and oxygen atoms in total. The summed E-state index contributed by atoms with van der Waals surface area (Å²) in [4.78, 5) is 22.7. The molecule has 28 heavy (non-hydrogen) atoms. The fraction of sp³-hybridized carbons (Fsp3) is 0.882. The molecule has 3 rings (SSSR count). The van der Waals surface area contributed by atoms with Crippen molar-refractivity contribution in [2.75, 3.05) is 20.2 Å². The van der Waals surface area contributed by atoms with Gasteiger partial charge in [-0.05, 0) is 43.9 Å². The number of alkyl halides is 1. The van der Waals surface area contributed by atoms with Crippen LogP contribution in [0.2, 0.25) is 0 Å². The first-order chi connectivity index (χ1) is 13.2. The molecule has 1 heterocycles. The average molecular weight is 421 g/mol. The molecule has 160 valence electrons. The average Bonchev–Trinajstić information content (AvgIpc) is 2.91. The summed E-state index contributed by atoms with van der Waals surface area (Å²) in [5, 5.41) is 13.0. The van der Waals surface area contributed by atoms with E-state index in [1.807, 2.05) is 4.72 Å². The number of nitrogens with zero attached hydrogens (tertiary/aromatic N) is 1. The van der Waals surface area contributed by atoms with Gasteiger partial charge in [0, 0.05) is 20.1 Å². The van der Waals surface area contributed by atoms with E-state index in [0.717, 1.165) is 10.7 Å². The van der Waals surface area contributed by atoms with Crippen LogP contribution in [0.4, 0.5) is 4.39 Å². The van der Waals surface area contributed by atoms with Gasteiger partial charge in [-0.1, -0.05) is 0 Å². The van der Waals surface area contributed by atoms with E-state index >= 15 is 4.39 Å². The molecule has 0 spiro atoms. The van der Waals surface area contributed by atoms with Gasteiger partial charge < -0.3 is 15.2 Å². The van der Waals surface area contributed by atoms with Gasteiger partial charge in [0.1, 0.15) is 6.17 Å². The Labute approximate surface area is 164 Å². The Hall–Kier alpha value is -1.30. The van der Waals surface area contributed by atoms with Crippen LogP contribution in [0.25, 0.3) is 0 Å². The zero-order valence-corrected chi connectivity index (χ0v) is 16.7. The van der Waals surface area contributed by atoms with Gasteiger partial charge in [0.15, 0.2) is 0 Å². The van der Waals surface area contributed by atoms with Gasteiger partial charge in [-0.25, -0.2) is 9.11 Å². The lowest BCUT2D eigenvalue weighted by Gasteiger charge is -2.47. The number of aliphatic hydroxyl groups excluding tert-OH is 1. The van der Waals surface area contributed by atoms with Crippen LogP contribution in [0.3, 0.4) is 0 Å². The minimum Gasteiger partial charge on any atom is -0.391 e. The molecule has 3 N–H and O–H groups in total. The Kier molecular flexibility index (Phi) is 6.58. The Bertz CT molecular complexity index is 705. The van der Waals surface area contributed by atoms with Crippen molar-refractivity contribution < 1.29 is 32.2 Å². The van der Waals surface area contributed by atoms with E-state index in [9.17, 15) is 23.1 Å². The number of ether oxygens (including phenoxy) is 1. The van der Waals surface area contributed by atoms with Crippen molar-refractivity contribution in [2.24, 2.45) is 11.8 Å². The Balaban J connectivity index is 1.61. The fourth-order valence-electron chi connectivity index (χ4n) is 4.66. The molecule has 3 fully saturated rings. The van der Waals surface area contributed by atoms with Crippen molar-refractivity contribution >= 4 is 22.0 Å². The fourth-order valence-corrected chi connectivity index (χ4v) is 6.00. The molecule has 0 aromatic heterocycles. The van der Waals surface area contributed by atoms with Crippen LogP contribution in [0.15, 0.2) is 0 Å². The number of hydrogen-bond acceptors (Lipinski definition) is 6. The van der Waals surface area contributed by atoms with Crippen molar-refractivity contribution in [1.82, 2.24) is 14.3 Å². The monoisotopic (exact) mass is 421 g/mol. The van der Waals surface area contributed by atoms with Crippen molar-refractivity contribution in [3.05, 3.63) is 0 Å². The third-order valence-corrected chi connectivity index (χ3v) is 7.51. The van der Waals surface area contributed by atoms with Crippen LogP contribution in [0.1, 0.15) is 38.5 Å². The lowest BCUT2D eigenvalue weighted by Crippen LogP contribution is -2.59. The molecule has 2 saturated carbocycles. The number of halogens is 1. The molecule has 1 aliphatic heterocycles. The summed E-state index contributed by atoms with van der Waals surface area (Å²) in [6.45, 7) is -0.0707. The zero-order valence-electron chi connectivity index (χ0n) is 15.8. The van der Waals surface area contributed by atoms with Gasteiger partial charge in [0.2, 0.25) is 11.8 Å². The molecule has 3 aliphatic rings. The molecule has 2 aliphatic carbocycles. The van der Waals surface area contributed by atoms with Crippen LogP contribution in [0.5, 0.6) is 0 Å². The molecule has 0 aromatic rings. The van der Waals surface area contributed by atoms with E-state index in [1.165, 1.54) is 0 Å². The SMILES string of the molecule is CNC(=O)CCCOC1CCC2CC(O)C(N3CC(=O)NS3(=O)=O)C(F)C2C1. The third-order valence-electron chi connectivity index (χ3n) is 6.04. The van der Waals surface area contributed by atoms with E-state index < -0.39 is 46.9 Å². The lowest BCUT2D eigenvalue weighted by molar-refractivity contribution is -0.121. The Morgan fingerprint density at radius 1 is 1.39 bits per heavy atom. The second-order valence-corrected chi connectivity index (χ2v) is 9.44. The standard InChI is InChI=1S/C17H28FN3O6S/c1-19-14(23)3-2-6-27-11-5-4-10-7-13(22)17(16(18)12(10)8-11)21-9-15(24)20-28(21,25)26/h10-13,16-17,22H,2-9H2,1H3,(H,19,23)(H,20,24). The van der Waals surface area contributed by atoms with Gasteiger partial charge in [-0.2, -0.15) is 12.7 Å². The van der Waals surface area contributed by atoms with E-state index in [1.54, 1.807) is 7.05 Å². The first-order valence-corrected chi connectivity index (χ1v) is 11.1. The summed E-state index contributed by atoms with van der Waals surface area (Å²) < 4.78 is 48.0. The van der Waals surface area contributed by atoms with E-state index in [2.05, 4.69) is 5.32 Å². The van der Waals surface area contributed by atoms with Crippen LogP contribution in [0, 0.1) is 11.8 Å². The highest BCUT2D eigenvalue weighted by Crippen LogP contribution is 2.45. The molecule has 0 bridgehead atoms. The summed E-state index contributed by atoms with van der Waals surface area (Å²) in [6, 6.07) is -1.27. The highest BCUT2D eigenvalue weighted by molar-refractivity contribution is 7.88. The molecule has 6 unspecified atom stereocenters. The maximum Gasteiger partial charge on any atom is 0.304 e. The number of amides is 2. The first kappa shape index (κ1) is 21.4. The molecule has 1 saturated heterocycles. The van der Waals surface area contributed by atoms with Crippen molar-refractivity contribution in [1.29, 1.82) is 0 Å². The van der Waals surface area contributed by atoms with Crippen molar-refractivity contribution in [2.45, 2.75) is 62.9 Å². The number of carbonyl (C=O) groups is 2. The van der Waals surface area contributed by atoms with Crippen LogP contribution < -0.4 is 10.0 Å². The van der Waals surface area contributed by atoms with Crippen LogP contribution >= 0.6 is 0 Å². The number of carbonyl (C=O) groups excluding carboxylic acids is 2. The van der Waals surface area contributed by atoms with Crippen molar-refractivity contribution in [3.8, 4) is 0 Å². The summed E-state index contributed by atoms with van der Waals surface area (Å²) in [5.74, 6) is -1.25. The molecule has 6 atom stereocenters. The summed E-state index contributed by atoms with van der Waals surface area (Å²) >= 11 is 0. The van der Waals surface area contributed by atoms with E-state index in [-0.39, 0.29) is 17.9 Å². The third kappa shape index (κ3) is 4.47. The summed E-state index contributed by atoms with van der Waals surface area (Å²) in [6.07, 6.45) is 0.232. The molecular weight excluding hydrogens is 393 g/mol. The second-order valence-electron chi connectivity index (χ2n) is 7.82. The second kappa shape index (κ2) is 8.60. The van der Waals surface area contributed by atoms with Gasteiger partial charge in [0.25, 0.3) is 0 Å². The molecule has 0 radical (unpaired) electrons. The largest absolute Gasteiger partial charge is 0.391 e. The topological polar surface area (TPSA) is 125 Å². The van der Waals surface area contributed by atoms with Gasteiger partial charge in [-0.3, -0.25) is 9.59 Å². The first-order valence-electron chi connectivity index (χ1n) is 9.69. The highest BCUT2D eigenvalue weighted by atomic mass is 32.2. The Morgan fingerprint density at radius 3 is 2.79 bits per heavy atom.